The van der Waals surface area contributed by atoms with E-state index in [0.29, 0.717) is 24.7 Å². The third-order valence-corrected chi connectivity index (χ3v) is 6.68. The van der Waals surface area contributed by atoms with Gasteiger partial charge in [0.25, 0.3) is 0 Å². The molecule has 0 atom stereocenters. The largest absolute Gasteiger partial charge is 1.00 e. The van der Waals surface area contributed by atoms with Crippen molar-refractivity contribution in [2.75, 3.05) is 0 Å². The molecular formula is C20H31N2NaO3. The molecule has 3 rings (SSSR count). The summed E-state index contributed by atoms with van der Waals surface area (Å²) in [5, 5.41) is 14.9. The fourth-order valence-electron chi connectivity index (χ4n) is 4.96. The van der Waals surface area contributed by atoms with Gasteiger partial charge in [-0.1, -0.05) is 64.2 Å². The molecule has 3 amide bonds. The van der Waals surface area contributed by atoms with Crippen LogP contribution in [0.25, 0.3) is 0 Å². The van der Waals surface area contributed by atoms with Gasteiger partial charge in [0.2, 0.25) is 5.91 Å². The van der Waals surface area contributed by atoms with Crippen LogP contribution in [0.1, 0.15) is 89.9 Å². The Kier molecular flexibility index (Phi) is 8.62. The Labute approximate surface area is 179 Å². The maximum atomic E-state index is 12.7. The van der Waals surface area contributed by atoms with Crippen molar-refractivity contribution in [3.05, 3.63) is 0 Å². The normalized spacial score (nSPS) is 24.5. The average molecular weight is 370 g/mol. The van der Waals surface area contributed by atoms with Gasteiger partial charge in [0.15, 0.2) is 0 Å². The maximum absolute atomic E-state index is 12.7. The fourth-order valence-corrected chi connectivity index (χ4v) is 4.96. The maximum Gasteiger partial charge on any atom is 1.00 e. The molecule has 0 aromatic heterocycles. The third-order valence-electron chi connectivity index (χ3n) is 6.68. The van der Waals surface area contributed by atoms with E-state index < -0.39 is 23.3 Å². The van der Waals surface area contributed by atoms with Crippen molar-refractivity contribution in [2.24, 2.45) is 22.2 Å². The second kappa shape index (κ2) is 10.2. The minimum Gasteiger partial charge on any atom is -0.861 e. The number of aliphatic imine (C=N–C) groups is 1. The van der Waals surface area contributed by atoms with Gasteiger partial charge in [0.1, 0.15) is 0 Å². The molecule has 5 nitrogen and oxygen atoms in total. The number of urea groups is 1. The monoisotopic (exact) mass is 370 g/mol. The summed E-state index contributed by atoms with van der Waals surface area (Å²) < 4.78 is 0. The van der Waals surface area contributed by atoms with Gasteiger partial charge in [-0.2, -0.15) is 0 Å². The van der Waals surface area contributed by atoms with Crippen molar-refractivity contribution in [3.63, 3.8) is 0 Å². The zero-order valence-corrected chi connectivity index (χ0v) is 18.2. The number of carbonyl (C=O) groups is 2. The molecule has 0 bridgehead atoms. The van der Waals surface area contributed by atoms with Crippen LogP contribution in [0, 0.1) is 17.3 Å². The van der Waals surface area contributed by atoms with Gasteiger partial charge in [-0.3, -0.25) is 10.1 Å². The second-order valence-corrected chi connectivity index (χ2v) is 8.34. The molecule has 2 fully saturated rings. The van der Waals surface area contributed by atoms with Crippen LogP contribution in [0.3, 0.4) is 0 Å². The van der Waals surface area contributed by atoms with E-state index in [-0.39, 0.29) is 29.6 Å². The van der Waals surface area contributed by atoms with E-state index in [1.165, 1.54) is 64.2 Å². The van der Waals surface area contributed by atoms with Gasteiger partial charge in [0.05, 0.1) is 5.41 Å². The van der Waals surface area contributed by atoms with Gasteiger partial charge >= 0.3 is 35.6 Å². The van der Waals surface area contributed by atoms with Crippen LogP contribution in [-0.2, 0) is 4.79 Å². The molecule has 26 heavy (non-hydrogen) atoms. The van der Waals surface area contributed by atoms with E-state index in [0.717, 1.165) is 12.8 Å². The van der Waals surface area contributed by atoms with Gasteiger partial charge in [-0.25, -0.2) is 9.79 Å². The summed E-state index contributed by atoms with van der Waals surface area (Å²) in [6, 6.07) is -0.791. The first-order valence-corrected chi connectivity index (χ1v) is 10.2. The Hall–Kier alpha value is -0.390. The number of amides is 3. The summed E-state index contributed by atoms with van der Waals surface area (Å²) in [5.41, 5.74) is -1.09. The Morgan fingerprint density at radius 3 is 1.77 bits per heavy atom. The molecule has 0 aromatic carbocycles. The summed E-state index contributed by atoms with van der Waals surface area (Å²) in [5.74, 6) is 0.328. The molecule has 0 radical (unpaired) electrons. The molecule has 3 aliphatic rings. The minimum atomic E-state index is -1.09. The Morgan fingerprint density at radius 1 is 0.885 bits per heavy atom. The van der Waals surface area contributed by atoms with Crippen LogP contribution in [0.15, 0.2) is 4.99 Å². The first-order chi connectivity index (χ1) is 12.1. The predicted molar refractivity (Wildman–Crippen MR) is 95.0 cm³/mol. The molecule has 2 saturated carbocycles. The number of imide groups is 1. The summed E-state index contributed by atoms with van der Waals surface area (Å²) in [6.07, 6.45) is 15.3. The summed E-state index contributed by atoms with van der Waals surface area (Å²) >= 11 is 0. The Balaban J connectivity index is 0.00000243. The minimum absolute atomic E-state index is 0. The SMILES string of the molecule is O=C1N=C([O-])C(CCC2CCCCC2)(CCC2CCCCC2)C(=O)N1.[Na+]. The summed E-state index contributed by atoms with van der Waals surface area (Å²) in [7, 11) is 0. The molecule has 0 spiro atoms. The second-order valence-electron chi connectivity index (χ2n) is 8.34. The molecule has 1 heterocycles. The van der Waals surface area contributed by atoms with Crippen molar-refractivity contribution in [1.82, 2.24) is 5.32 Å². The molecule has 0 saturated heterocycles. The van der Waals surface area contributed by atoms with Crippen molar-refractivity contribution in [3.8, 4) is 0 Å². The van der Waals surface area contributed by atoms with E-state index in [2.05, 4.69) is 10.3 Å². The molecule has 1 N–H and O–H groups in total. The standard InChI is InChI=1S/C20H32N2O3.Na/c23-17-20(18(24)22-19(25)21-17,13-11-15-7-3-1-4-8-15)14-12-16-9-5-2-6-10-16;/h15-16H,1-14H2,(H2,21,22,23,24,25);/q;+1/p-1. The van der Waals surface area contributed by atoms with Crippen molar-refractivity contribution in [1.29, 1.82) is 0 Å². The van der Waals surface area contributed by atoms with E-state index >= 15 is 0 Å². The number of hydrogen-bond donors (Lipinski definition) is 1. The zero-order valence-electron chi connectivity index (χ0n) is 16.2. The number of nitrogens with one attached hydrogen (secondary N) is 1. The van der Waals surface area contributed by atoms with E-state index in [1.54, 1.807) is 0 Å². The average Bonchev–Trinajstić information content (AvgIpc) is 2.62. The zero-order chi connectivity index (χ0) is 17.7. The number of rotatable bonds is 6. The van der Waals surface area contributed by atoms with Crippen LogP contribution in [0.4, 0.5) is 4.79 Å². The molecular weight excluding hydrogens is 339 g/mol. The van der Waals surface area contributed by atoms with Crippen LogP contribution in [0.2, 0.25) is 0 Å². The first kappa shape index (κ1) is 21.9. The van der Waals surface area contributed by atoms with Crippen LogP contribution >= 0.6 is 0 Å². The van der Waals surface area contributed by atoms with Crippen LogP contribution in [0.5, 0.6) is 0 Å². The summed E-state index contributed by atoms with van der Waals surface area (Å²) in [4.78, 5) is 27.7. The number of hydrogen-bond acceptors (Lipinski definition) is 3. The third kappa shape index (κ3) is 5.32. The van der Waals surface area contributed by atoms with Crippen molar-refractivity contribution in [2.45, 2.75) is 89.9 Å². The van der Waals surface area contributed by atoms with Gasteiger partial charge < -0.3 is 5.11 Å². The quantitative estimate of drug-likeness (QED) is 0.699. The number of nitrogens with zero attached hydrogens (tertiary/aromatic N) is 1. The van der Waals surface area contributed by atoms with Crippen LogP contribution in [-0.4, -0.2) is 17.8 Å². The molecule has 140 valence electrons. The molecule has 0 aromatic rings. The topological polar surface area (TPSA) is 81.6 Å². The molecule has 1 aliphatic heterocycles. The Bertz CT molecular complexity index is 501. The Morgan fingerprint density at radius 2 is 1.35 bits per heavy atom. The van der Waals surface area contributed by atoms with Gasteiger partial charge in [0, 0.05) is 0 Å². The van der Waals surface area contributed by atoms with E-state index in [9.17, 15) is 14.7 Å². The first-order valence-electron chi connectivity index (χ1n) is 10.2. The van der Waals surface area contributed by atoms with Crippen molar-refractivity contribution >= 4 is 17.8 Å². The van der Waals surface area contributed by atoms with E-state index in [1.807, 2.05) is 0 Å². The summed E-state index contributed by atoms with van der Waals surface area (Å²) in [6.45, 7) is 0. The smallest absolute Gasteiger partial charge is 0.861 e. The predicted octanol–water partition coefficient (Wildman–Crippen LogP) is 0.706. The molecule has 6 heteroatoms. The fraction of sp³-hybridized carbons (Fsp3) is 0.850. The van der Waals surface area contributed by atoms with Gasteiger partial charge in [-0.15, -0.1) is 0 Å². The van der Waals surface area contributed by atoms with E-state index in [4.69, 9.17) is 0 Å². The van der Waals surface area contributed by atoms with Crippen LogP contribution < -0.4 is 40.0 Å². The van der Waals surface area contributed by atoms with Crippen molar-refractivity contribution < 1.29 is 44.3 Å². The van der Waals surface area contributed by atoms with Gasteiger partial charge in [-0.05, 0) is 43.4 Å². The molecule has 2 aliphatic carbocycles. The molecule has 0 unspecified atom stereocenters. The number of carbonyl (C=O) groups excluding carboxylic acids is 2.